The lowest BCUT2D eigenvalue weighted by Crippen LogP contribution is -2.34. The van der Waals surface area contributed by atoms with Crippen LogP contribution in [-0.2, 0) is 0 Å². The zero-order valence-electron chi connectivity index (χ0n) is 22.5. The molecule has 0 bridgehead atoms. The highest BCUT2D eigenvalue weighted by molar-refractivity contribution is 5.91. The van der Waals surface area contributed by atoms with Crippen molar-refractivity contribution in [3.63, 3.8) is 0 Å². The second-order valence-corrected chi connectivity index (χ2v) is 9.94. The molecule has 0 aliphatic carbocycles. The number of nitrogens with zero attached hydrogens (tertiary/aromatic N) is 7. The number of ether oxygens (including phenoxy) is 1. The minimum atomic E-state index is -0.593. The van der Waals surface area contributed by atoms with Gasteiger partial charge < -0.3 is 14.5 Å². The molecule has 12 heteroatoms. The number of piperidine rings is 2. The van der Waals surface area contributed by atoms with Gasteiger partial charge in [-0.2, -0.15) is 20.1 Å². The van der Waals surface area contributed by atoms with Crippen molar-refractivity contribution >= 4 is 35.7 Å². The second kappa shape index (κ2) is 12.5. The third-order valence-corrected chi connectivity index (χ3v) is 6.99. The maximum Gasteiger partial charge on any atom is 0.343 e. The van der Waals surface area contributed by atoms with E-state index in [-0.39, 0.29) is 11.3 Å². The van der Waals surface area contributed by atoms with Crippen molar-refractivity contribution < 1.29 is 14.5 Å². The summed E-state index contributed by atoms with van der Waals surface area (Å²) in [4.78, 5) is 41.5. The number of aromatic nitrogens is 3. The Bertz CT molecular complexity index is 1350. The maximum absolute atomic E-state index is 12.5. The van der Waals surface area contributed by atoms with E-state index in [9.17, 15) is 14.9 Å². The summed E-state index contributed by atoms with van der Waals surface area (Å²) in [5, 5.41) is 15.3. The molecule has 2 aliphatic rings. The van der Waals surface area contributed by atoms with Crippen LogP contribution in [0, 0.1) is 17.0 Å². The third kappa shape index (κ3) is 6.68. The molecule has 40 heavy (non-hydrogen) atoms. The molecule has 2 saturated heterocycles. The molecule has 2 fully saturated rings. The lowest BCUT2D eigenvalue weighted by molar-refractivity contribution is -0.385. The number of nitro benzene ring substituents is 1. The van der Waals surface area contributed by atoms with Gasteiger partial charge in [-0.05, 0) is 87.4 Å². The fourth-order valence-electron chi connectivity index (χ4n) is 4.81. The molecular weight excluding hydrogens is 512 g/mol. The molecule has 3 heterocycles. The molecule has 1 aromatic heterocycles. The third-order valence-electron chi connectivity index (χ3n) is 6.99. The first kappa shape index (κ1) is 27.0. The standard InChI is InChI=1S/C28H32N8O4/c1-20-18-22(10-13-24(20)36(38)39)25(37)40-23-11-8-21(9-12-23)19-29-33-26-30-27(34-14-4-2-5-15-34)32-28(31-26)35-16-6-3-7-17-35/h8-13,18-19H,2-7,14-17H2,1H3,(H,30,31,32,33). The molecule has 2 aromatic carbocycles. The predicted molar refractivity (Wildman–Crippen MR) is 152 cm³/mol. The van der Waals surface area contributed by atoms with Crippen molar-refractivity contribution in [1.29, 1.82) is 0 Å². The highest BCUT2D eigenvalue weighted by atomic mass is 16.6. The Morgan fingerprint density at radius 1 is 0.925 bits per heavy atom. The Morgan fingerprint density at radius 2 is 1.52 bits per heavy atom. The number of anilines is 3. The monoisotopic (exact) mass is 544 g/mol. The first-order valence-corrected chi connectivity index (χ1v) is 13.6. The highest BCUT2D eigenvalue weighted by Crippen LogP contribution is 2.23. The van der Waals surface area contributed by atoms with E-state index in [4.69, 9.17) is 9.72 Å². The molecule has 0 amide bonds. The summed E-state index contributed by atoms with van der Waals surface area (Å²) in [5.74, 6) is 1.52. The summed E-state index contributed by atoms with van der Waals surface area (Å²) in [5.41, 5.74) is 4.32. The minimum absolute atomic E-state index is 0.0450. The normalized spacial score (nSPS) is 15.7. The Kier molecular flexibility index (Phi) is 8.43. The van der Waals surface area contributed by atoms with Gasteiger partial charge >= 0.3 is 5.97 Å². The Labute approximate surface area is 232 Å². The number of nitro groups is 1. The number of carbonyl (C=O) groups is 1. The van der Waals surface area contributed by atoms with Gasteiger partial charge in [0.15, 0.2) is 0 Å². The van der Waals surface area contributed by atoms with E-state index >= 15 is 0 Å². The zero-order valence-corrected chi connectivity index (χ0v) is 22.5. The molecule has 0 atom stereocenters. The average molecular weight is 545 g/mol. The van der Waals surface area contributed by atoms with Crippen LogP contribution < -0.4 is 20.0 Å². The molecule has 0 spiro atoms. The largest absolute Gasteiger partial charge is 0.423 e. The van der Waals surface area contributed by atoms with Gasteiger partial charge in [0, 0.05) is 37.8 Å². The number of benzene rings is 2. The van der Waals surface area contributed by atoms with Crippen LogP contribution in [0.4, 0.5) is 23.5 Å². The van der Waals surface area contributed by atoms with E-state index in [0.29, 0.717) is 29.2 Å². The first-order valence-electron chi connectivity index (χ1n) is 13.6. The lowest BCUT2D eigenvalue weighted by Gasteiger charge is -2.30. The fraction of sp³-hybridized carbons (Fsp3) is 0.393. The quantitative estimate of drug-likeness (QED) is 0.139. The predicted octanol–water partition coefficient (Wildman–Crippen LogP) is 4.73. The van der Waals surface area contributed by atoms with Gasteiger partial charge in [0.25, 0.3) is 5.69 Å². The van der Waals surface area contributed by atoms with Crippen molar-refractivity contribution in [3.8, 4) is 5.75 Å². The Balaban J connectivity index is 1.24. The molecule has 0 saturated carbocycles. The number of nitrogens with one attached hydrogen (secondary N) is 1. The number of hydrazone groups is 1. The summed E-state index contributed by atoms with van der Waals surface area (Å²) in [7, 11) is 0. The van der Waals surface area contributed by atoms with E-state index in [2.05, 4.69) is 30.3 Å². The maximum atomic E-state index is 12.5. The Morgan fingerprint density at radius 3 is 2.08 bits per heavy atom. The summed E-state index contributed by atoms with van der Waals surface area (Å²) in [6.07, 6.45) is 8.61. The van der Waals surface area contributed by atoms with Crippen LogP contribution in [0.15, 0.2) is 47.6 Å². The zero-order chi connectivity index (χ0) is 27.9. The van der Waals surface area contributed by atoms with Gasteiger partial charge in [0.05, 0.1) is 16.7 Å². The molecule has 3 aromatic rings. The van der Waals surface area contributed by atoms with E-state index in [1.807, 2.05) is 0 Å². The second-order valence-electron chi connectivity index (χ2n) is 9.94. The van der Waals surface area contributed by atoms with Crippen LogP contribution in [0.1, 0.15) is 60.0 Å². The van der Waals surface area contributed by atoms with Gasteiger partial charge in [-0.1, -0.05) is 0 Å². The van der Waals surface area contributed by atoms with Crippen LogP contribution in [0.5, 0.6) is 5.75 Å². The molecule has 12 nitrogen and oxygen atoms in total. The molecule has 0 radical (unpaired) electrons. The van der Waals surface area contributed by atoms with Crippen molar-refractivity contribution in [1.82, 2.24) is 15.0 Å². The molecule has 2 aliphatic heterocycles. The van der Waals surface area contributed by atoms with E-state index in [1.165, 1.54) is 31.0 Å². The summed E-state index contributed by atoms with van der Waals surface area (Å²) < 4.78 is 5.42. The van der Waals surface area contributed by atoms with Crippen molar-refractivity contribution in [2.24, 2.45) is 5.10 Å². The number of aryl methyl sites for hydroxylation is 1. The highest BCUT2D eigenvalue weighted by Gasteiger charge is 2.20. The van der Waals surface area contributed by atoms with Crippen LogP contribution in [0.2, 0.25) is 0 Å². The SMILES string of the molecule is Cc1cc(C(=O)Oc2ccc(C=NNc3nc(N4CCCCC4)nc(N4CCCCC4)n3)cc2)ccc1[N+](=O)[O-]. The van der Waals surface area contributed by atoms with Crippen molar-refractivity contribution in [2.45, 2.75) is 45.4 Å². The molecule has 5 rings (SSSR count). The number of hydrogen-bond acceptors (Lipinski definition) is 11. The summed E-state index contributed by atoms with van der Waals surface area (Å²) >= 11 is 0. The fourth-order valence-corrected chi connectivity index (χ4v) is 4.81. The smallest absolute Gasteiger partial charge is 0.343 e. The topological polar surface area (TPSA) is 139 Å². The van der Waals surface area contributed by atoms with Gasteiger partial charge in [0.2, 0.25) is 17.8 Å². The summed E-state index contributed by atoms with van der Waals surface area (Å²) in [6.45, 7) is 5.33. The van der Waals surface area contributed by atoms with Gasteiger partial charge in [0.1, 0.15) is 5.75 Å². The lowest BCUT2D eigenvalue weighted by atomic mass is 10.1. The van der Waals surface area contributed by atoms with Gasteiger partial charge in [-0.3, -0.25) is 10.1 Å². The van der Waals surface area contributed by atoms with Crippen LogP contribution >= 0.6 is 0 Å². The Hall–Kier alpha value is -4.61. The van der Waals surface area contributed by atoms with Crippen molar-refractivity contribution in [2.75, 3.05) is 41.4 Å². The first-order chi connectivity index (χ1) is 19.5. The minimum Gasteiger partial charge on any atom is -0.423 e. The van der Waals surface area contributed by atoms with Crippen LogP contribution in [0.3, 0.4) is 0 Å². The number of hydrogen-bond donors (Lipinski definition) is 1. The molecule has 208 valence electrons. The molecular formula is C28H32N8O4. The number of rotatable bonds is 8. The molecule has 0 unspecified atom stereocenters. The van der Waals surface area contributed by atoms with Crippen molar-refractivity contribution in [3.05, 3.63) is 69.3 Å². The average Bonchev–Trinajstić information content (AvgIpc) is 2.98. The van der Waals surface area contributed by atoms with Crippen LogP contribution in [-0.4, -0.2) is 58.2 Å². The number of carbonyl (C=O) groups excluding carboxylic acids is 1. The van der Waals surface area contributed by atoms with Gasteiger partial charge in [-0.25, -0.2) is 10.2 Å². The van der Waals surface area contributed by atoms with E-state index in [1.54, 1.807) is 37.4 Å². The summed E-state index contributed by atoms with van der Waals surface area (Å²) in [6, 6.07) is 11.0. The van der Waals surface area contributed by atoms with Gasteiger partial charge in [-0.15, -0.1) is 0 Å². The number of esters is 1. The van der Waals surface area contributed by atoms with Crippen LogP contribution in [0.25, 0.3) is 0 Å². The molecule has 1 N–H and O–H groups in total. The van der Waals surface area contributed by atoms with E-state index in [0.717, 1.165) is 57.4 Å². The van der Waals surface area contributed by atoms with E-state index < -0.39 is 10.9 Å².